The van der Waals surface area contributed by atoms with E-state index in [4.69, 9.17) is 9.47 Å². The third-order valence-corrected chi connectivity index (χ3v) is 3.29. The van der Waals surface area contributed by atoms with E-state index in [9.17, 15) is 4.79 Å². The Balaban J connectivity index is 2.09. The van der Waals surface area contributed by atoms with Gasteiger partial charge >= 0.3 is 0 Å². The largest absolute Gasteiger partial charge is 0.493 e. The second kappa shape index (κ2) is 6.57. The monoisotopic (exact) mass is 263 g/mol. The molecule has 0 aliphatic carbocycles. The molecular weight excluding hydrogens is 242 g/mol. The maximum Gasteiger partial charge on any atom is 0.249 e. The first-order valence-electron chi connectivity index (χ1n) is 6.86. The van der Waals surface area contributed by atoms with Crippen LogP contribution < -0.4 is 10.1 Å². The maximum absolute atomic E-state index is 12.0. The van der Waals surface area contributed by atoms with Crippen LogP contribution in [0.15, 0.2) is 24.3 Å². The summed E-state index contributed by atoms with van der Waals surface area (Å²) in [6.45, 7) is 4.90. The molecule has 0 aromatic heterocycles. The van der Waals surface area contributed by atoms with E-state index in [-0.39, 0.29) is 11.9 Å². The first kappa shape index (κ1) is 13.9. The summed E-state index contributed by atoms with van der Waals surface area (Å²) in [6.07, 6.45) is 1.41. The normalized spacial score (nSPS) is 19.8. The van der Waals surface area contributed by atoms with Crippen molar-refractivity contribution in [1.29, 1.82) is 0 Å². The predicted octanol–water partition coefficient (Wildman–Crippen LogP) is 2.44. The smallest absolute Gasteiger partial charge is 0.249 e. The Hall–Kier alpha value is -1.55. The maximum atomic E-state index is 12.0. The SMILES string of the molecule is CCO[C@@H](C)C(=O)N[C@@H]1CCCOc2ccccc21. The van der Waals surface area contributed by atoms with Crippen LogP contribution in [0.5, 0.6) is 5.75 Å². The molecule has 0 unspecified atom stereocenters. The third kappa shape index (κ3) is 3.47. The topological polar surface area (TPSA) is 47.6 Å². The van der Waals surface area contributed by atoms with Crippen molar-refractivity contribution >= 4 is 5.91 Å². The van der Waals surface area contributed by atoms with Crippen LogP contribution in [0.4, 0.5) is 0 Å². The van der Waals surface area contributed by atoms with Gasteiger partial charge < -0.3 is 14.8 Å². The van der Waals surface area contributed by atoms with Gasteiger partial charge in [-0.1, -0.05) is 18.2 Å². The molecule has 1 aromatic carbocycles. The number of carbonyl (C=O) groups is 1. The van der Waals surface area contributed by atoms with Gasteiger partial charge in [-0.25, -0.2) is 0 Å². The van der Waals surface area contributed by atoms with Crippen molar-refractivity contribution in [3.05, 3.63) is 29.8 Å². The van der Waals surface area contributed by atoms with Gasteiger partial charge in [0, 0.05) is 12.2 Å². The standard InChI is InChI=1S/C15H21NO3/c1-3-18-11(2)15(17)16-13-8-6-10-19-14-9-5-4-7-12(13)14/h4-5,7,9,11,13H,3,6,8,10H2,1-2H3,(H,16,17)/t11-,13+/m0/s1. The predicted molar refractivity (Wildman–Crippen MR) is 73.1 cm³/mol. The summed E-state index contributed by atoms with van der Waals surface area (Å²) in [7, 11) is 0. The van der Waals surface area contributed by atoms with E-state index < -0.39 is 6.10 Å². The fourth-order valence-corrected chi connectivity index (χ4v) is 2.29. The van der Waals surface area contributed by atoms with Crippen molar-refractivity contribution in [2.45, 2.75) is 38.8 Å². The van der Waals surface area contributed by atoms with Gasteiger partial charge in [-0.2, -0.15) is 0 Å². The minimum atomic E-state index is -0.415. The highest BCUT2D eigenvalue weighted by atomic mass is 16.5. The number of amides is 1. The number of para-hydroxylation sites is 1. The number of fused-ring (bicyclic) bond motifs is 1. The van der Waals surface area contributed by atoms with Gasteiger partial charge in [0.1, 0.15) is 11.9 Å². The van der Waals surface area contributed by atoms with Crippen LogP contribution >= 0.6 is 0 Å². The van der Waals surface area contributed by atoms with E-state index in [1.165, 1.54) is 0 Å². The van der Waals surface area contributed by atoms with E-state index in [1.807, 2.05) is 31.2 Å². The van der Waals surface area contributed by atoms with Crippen molar-refractivity contribution in [3.8, 4) is 5.75 Å². The van der Waals surface area contributed by atoms with Crippen molar-refractivity contribution in [2.75, 3.05) is 13.2 Å². The zero-order valence-corrected chi connectivity index (χ0v) is 11.5. The number of rotatable bonds is 4. The Morgan fingerprint density at radius 3 is 3.11 bits per heavy atom. The molecule has 1 aliphatic rings. The summed E-state index contributed by atoms with van der Waals surface area (Å²) in [6, 6.07) is 7.89. The molecule has 1 N–H and O–H groups in total. The van der Waals surface area contributed by atoms with E-state index in [1.54, 1.807) is 6.92 Å². The van der Waals surface area contributed by atoms with Crippen molar-refractivity contribution in [3.63, 3.8) is 0 Å². The van der Waals surface area contributed by atoms with Crippen LogP contribution in [0.2, 0.25) is 0 Å². The molecule has 0 saturated heterocycles. The molecular formula is C15H21NO3. The van der Waals surface area contributed by atoms with Crippen molar-refractivity contribution in [1.82, 2.24) is 5.32 Å². The van der Waals surface area contributed by atoms with Gasteiger partial charge in [-0.15, -0.1) is 0 Å². The molecule has 1 amide bonds. The first-order valence-corrected chi connectivity index (χ1v) is 6.86. The van der Waals surface area contributed by atoms with Crippen LogP contribution in [0, 0.1) is 0 Å². The Bertz CT molecular complexity index is 433. The second-order valence-electron chi connectivity index (χ2n) is 4.69. The number of nitrogens with one attached hydrogen (secondary N) is 1. The Kier molecular flexibility index (Phi) is 4.80. The zero-order chi connectivity index (χ0) is 13.7. The molecule has 1 aliphatic heterocycles. The van der Waals surface area contributed by atoms with Gasteiger partial charge in [0.15, 0.2) is 0 Å². The summed E-state index contributed by atoms with van der Waals surface area (Å²) < 4.78 is 11.0. The van der Waals surface area contributed by atoms with E-state index in [2.05, 4.69) is 5.32 Å². The lowest BCUT2D eigenvalue weighted by molar-refractivity contribution is -0.132. The van der Waals surface area contributed by atoms with Crippen molar-refractivity contribution in [2.24, 2.45) is 0 Å². The summed E-state index contributed by atoms with van der Waals surface area (Å²) in [5.74, 6) is 0.804. The summed E-state index contributed by atoms with van der Waals surface area (Å²) >= 11 is 0. The molecule has 2 atom stereocenters. The molecule has 1 aromatic rings. The van der Waals surface area contributed by atoms with Crippen molar-refractivity contribution < 1.29 is 14.3 Å². The average molecular weight is 263 g/mol. The summed E-state index contributed by atoms with van der Waals surface area (Å²) in [5.41, 5.74) is 1.05. The molecule has 0 fully saturated rings. The van der Waals surface area contributed by atoms with Crippen LogP contribution in [0.25, 0.3) is 0 Å². The molecule has 104 valence electrons. The fraction of sp³-hybridized carbons (Fsp3) is 0.533. The molecule has 2 rings (SSSR count). The minimum absolute atomic E-state index is 0.00843. The lowest BCUT2D eigenvalue weighted by atomic mass is 10.0. The summed E-state index contributed by atoms with van der Waals surface area (Å²) in [4.78, 5) is 12.0. The molecule has 19 heavy (non-hydrogen) atoms. The summed E-state index contributed by atoms with van der Waals surface area (Å²) in [5, 5.41) is 3.06. The highest BCUT2D eigenvalue weighted by Gasteiger charge is 2.23. The average Bonchev–Trinajstić information content (AvgIpc) is 2.62. The van der Waals surface area contributed by atoms with E-state index >= 15 is 0 Å². The van der Waals surface area contributed by atoms with Crippen LogP contribution in [-0.4, -0.2) is 25.2 Å². The Morgan fingerprint density at radius 1 is 1.53 bits per heavy atom. The number of hydrogen-bond donors (Lipinski definition) is 1. The molecule has 4 heteroatoms. The quantitative estimate of drug-likeness (QED) is 0.907. The number of hydrogen-bond acceptors (Lipinski definition) is 3. The lowest BCUT2D eigenvalue weighted by Crippen LogP contribution is -2.37. The Morgan fingerprint density at radius 2 is 2.32 bits per heavy atom. The first-order chi connectivity index (χ1) is 9.22. The molecule has 0 saturated carbocycles. The van der Waals surface area contributed by atoms with Gasteiger partial charge in [0.2, 0.25) is 5.91 Å². The number of ether oxygens (including phenoxy) is 2. The van der Waals surface area contributed by atoms with Gasteiger partial charge in [-0.3, -0.25) is 4.79 Å². The van der Waals surface area contributed by atoms with Crippen LogP contribution in [-0.2, 0) is 9.53 Å². The molecule has 1 heterocycles. The van der Waals surface area contributed by atoms with Gasteiger partial charge in [0.25, 0.3) is 0 Å². The number of benzene rings is 1. The lowest BCUT2D eigenvalue weighted by Gasteiger charge is -2.20. The fourth-order valence-electron chi connectivity index (χ4n) is 2.29. The molecule has 0 radical (unpaired) electrons. The minimum Gasteiger partial charge on any atom is -0.493 e. The molecule has 0 spiro atoms. The Labute approximate surface area is 114 Å². The highest BCUT2D eigenvalue weighted by Crippen LogP contribution is 2.31. The highest BCUT2D eigenvalue weighted by molar-refractivity contribution is 5.80. The van der Waals surface area contributed by atoms with Gasteiger partial charge in [0.05, 0.1) is 12.6 Å². The van der Waals surface area contributed by atoms with E-state index in [0.717, 1.165) is 24.2 Å². The van der Waals surface area contributed by atoms with Crippen LogP contribution in [0.1, 0.15) is 38.3 Å². The van der Waals surface area contributed by atoms with E-state index in [0.29, 0.717) is 13.2 Å². The second-order valence-corrected chi connectivity index (χ2v) is 4.69. The van der Waals surface area contributed by atoms with Crippen LogP contribution in [0.3, 0.4) is 0 Å². The number of carbonyl (C=O) groups excluding carboxylic acids is 1. The molecule has 0 bridgehead atoms. The zero-order valence-electron chi connectivity index (χ0n) is 11.5. The third-order valence-electron chi connectivity index (χ3n) is 3.29. The van der Waals surface area contributed by atoms with Gasteiger partial charge in [-0.05, 0) is 32.8 Å². The molecule has 4 nitrogen and oxygen atoms in total.